The topological polar surface area (TPSA) is 47.4 Å². The van der Waals surface area contributed by atoms with Crippen LogP contribution < -0.4 is 0 Å². The van der Waals surface area contributed by atoms with Crippen LogP contribution in [0.4, 0.5) is 0 Å². The average molecular weight is 319 g/mol. The molecule has 5 nitrogen and oxygen atoms in total. The minimum atomic E-state index is -0.323. The molecule has 0 bridgehead atoms. The Morgan fingerprint density at radius 2 is 2.13 bits per heavy atom. The highest BCUT2D eigenvalue weighted by Gasteiger charge is 2.32. The van der Waals surface area contributed by atoms with Crippen LogP contribution in [-0.4, -0.2) is 45.9 Å². The zero-order valence-corrected chi connectivity index (χ0v) is 14.6. The number of nitrogens with zero attached hydrogens (tertiary/aromatic N) is 3. The number of hydrogen-bond donors (Lipinski definition) is 0. The molecule has 1 saturated heterocycles. The van der Waals surface area contributed by atoms with Gasteiger partial charge in [-0.05, 0) is 64.9 Å². The summed E-state index contributed by atoms with van der Waals surface area (Å²) in [5.74, 6) is 0.842. The Balaban J connectivity index is 1.62. The zero-order chi connectivity index (χ0) is 16.4. The second-order valence-electron chi connectivity index (χ2n) is 7.21. The molecular formula is C18H29N3O2. The first-order chi connectivity index (χ1) is 11.0. The molecule has 0 N–H and O–H groups in total. The number of aryl methyl sites for hydroxylation is 2. The molecule has 1 aromatic rings. The van der Waals surface area contributed by atoms with Gasteiger partial charge in [-0.3, -0.25) is 9.48 Å². The monoisotopic (exact) mass is 319 g/mol. The van der Waals surface area contributed by atoms with Crippen molar-refractivity contribution in [2.24, 2.45) is 5.92 Å². The van der Waals surface area contributed by atoms with E-state index in [0.29, 0.717) is 5.92 Å². The fourth-order valence-corrected chi connectivity index (χ4v) is 3.41. The number of hydrogen-bond acceptors (Lipinski definition) is 3. The second kappa shape index (κ2) is 7.04. The van der Waals surface area contributed by atoms with Gasteiger partial charge in [-0.1, -0.05) is 0 Å². The molecule has 3 rings (SSSR count). The smallest absolute Gasteiger partial charge is 0.251 e. The second-order valence-corrected chi connectivity index (χ2v) is 7.21. The molecule has 1 saturated carbocycles. The van der Waals surface area contributed by atoms with Crippen LogP contribution >= 0.6 is 0 Å². The Kier molecular flexibility index (Phi) is 5.05. The Morgan fingerprint density at radius 1 is 1.35 bits per heavy atom. The third-order valence-corrected chi connectivity index (χ3v) is 5.02. The molecule has 1 amide bonds. The van der Waals surface area contributed by atoms with Crippen LogP contribution in [0.1, 0.15) is 50.4 Å². The predicted octanol–water partition coefficient (Wildman–Crippen LogP) is 2.70. The molecule has 2 heterocycles. The fraction of sp³-hybridized carbons (Fsp3) is 0.778. The van der Waals surface area contributed by atoms with Crippen molar-refractivity contribution in [2.75, 3.05) is 13.2 Å². The molecule has 1 aromatic heterocycles. The fourth-order valence-electron chi connectivity index (χ4n) is 3.41. The molecule has 2 fully saturated rings. The number of carbonyl (C=O) groups is 1. The van der Waals surface area contributed by atoms with Gasteiger partial charge in [0.15, 0.2) is 0 Å². The maximum atomic E-state index is 12.8. The molecule has 23 heavy (non-hydrogen) atoms. The maximum Gasteiger partial charge on any atom is 0.251 e. The van der Waals surface area contributed by atoms with Gasteiger partial charge in [0, 0.05) is 12.2 Å². The van der Waals surface area contributed by atoms with Crippen molar-refractivity contribution in [3.63, 3.8) is 0 Å². The van der Waals surface area contributed by atoms with Gasteiger partial charge in [0.05, 0.1) is 24.9 Å². The van der Waals surface area contributed by atoms with Crippen molar-refractivity contribution < 1.29 is 9.53 Å². The van der Waals surface area contributed by atoms with Gasteiger partial charge in [-0.15, -0.1) is 0 Å². The van der Waals surface area contributed by atoms with Gasteiger partial charge in [-0.2, -0.15) is 5.10 Å². The van der Waals surface area contributed by atoms with Gasteiger partial charge >= 0.3 is 0 Å². The molecule has 0 aromatic carbocycles. The number of aromatic nitrogens is 2. The van der Waals surface area contributed by atoms with E-state index in [9.17, 15) is 4.79 Å². The summed E-state index contributed by atoms with van der Waals surface area (Å²) in [6.45, 7) is 8.38. The average Bonchev–Trinajstić information content (AvgIpc) is 3.30. The number of likely N-dealkylation sites (tertiary alicyclic amines) is 1. The molecule has 2 atom stereocenters. The van der Waals surface area contributed by atoms with Crippen molar-refractivity contribution in [2.45, 2.75) is 71.6 Å². The quantitative estimate of drug-likeness (QED) is 0.810. The highest BCUT2D eigenvalue weighted by atomic mass is 16.5. The summed E-state index contributed by atoms with van der Waals surface area (Å²) >= 11 is 0. The van der Waals surface area contributed by atoms with Crippen LogP contribution in [-0.2, 0) is 16.1 Å². The van der Waals surface area contributed by atoms with Crippen LogP contribution in [0.15, 0.2) is 6.07 Å². The van der Waals surface area contributed by atoms with E-state index >= 15 is 0 Å². The van der Waals surface area contributed by atoms with E-state index < -0.39 is 0 Å². The first-order valence-corrected chi connectivity index (χ1v) is 8.97. The minimum absolute atomic E-state index is 0.150. The molecule has 1 aliphatic heterocycles. The molecule has 2 aliphatic rings. The van der Waals surface area contributed by atoms with Crippen molar-refractivity contribution in [1.29, 1.82) is 0 Å². The zero-order valence-electron chi connectivity index (χ0n) is 14.6. The number of ether oxygens (including phenoxy) is 1. The first-order valence-electron chi connectivity index (χ1n) is 8.97. The highest BCUT2D eigenvalue weighted by molar-refractivity contribution is 5.81. The summed E-state index contributed by atoms with van der Waals surface area (Å²) in [7, 11) is 0. The molecule has 0 radical (unpaired) electrons. The van der Waals surface area contributed by atoms with Gasteiger partial charge in [0.1, 0.15) is 6.10 Å². The van der Waals surface area contributed by atoms with E-state index in [1.54, 1.807) is 0 Å². The molecule has 0 unspecified atom stereocenters. The van der Waals surface area contributed by atoms with Crippen molar-refractivity contribution in [1.82, 2.24) is 14.7 Å². The lowest BCUT2D eigenvalue weighted by Gasteiger charge is -2.37. The van der Waals surface area contributed by atoms with Gasteiger partial charge in [0.25, 0.3) is 5.91 Å². The Labute approximate surface area is 139 Å². The summed E-state index contributed by atoms with van der Waals surface area (Å²) in [5.41, 5.74) is 2.20. The van der Waals surface area contributed by atoms with Gasteiger partial charge in [0.2, 0.25) is 0 Å². The van der Waals surface area contributed by atoms with E-state index in [1.165, 1.54) is 25.0 Å². The van der Waals surface area contributed by atoms with Crippen molar-refractivity contribution in [3.05, 3.63) is 17.5 Å². The van der Waals surface area contributed by atoms with Gasteiger partial charge in [-0.25, -0.2) is 0 Å². The number of rotatable bonds is 6. The third kappa shape index (κ3) is 4.14. The maximum absolute atomic E-state index is 12.8. The minimum Gasteiger partial charge on any atom is -0.368 e. The summed E-state index contributed by atoms with van der Waals surface area (Å²) < 4.78 is 7.84. The summed E-state index contributed by atoms with van der Waals surface area (Å²) in [6.07, 6.45) is 5.52. The van der Waals surface area contributed by atoms with E-state index in [1.807, 2.05) is 23.4 Å². The lowest BCUT2D eigenvalue weighted by Crippen LogP contribution is -2.50. The summed E-state index contributed by atoms with van der Waals surface area (Å²) in [6, 6.07) is 2.33. The molecule has 128 valence electrons. The van der Waals surface area contributed by atoms with Crippen LogP contribution in [0.2, 0.25) is 0 Å². The number of piperidine rings is 1. The van der Waals surface area contributed by atoms with Crippen LogP contribution in [0, 0.1) is 19.8 Å². The summed E-state index contributed by atoms with van der Waals surface area (Å²) in [4.78, 5) is 14.8. The summed E-state index contributed by atoms with van der Waals surface area (Å²) in [5, 5.41) is 4.56. The highest BCUT2D eigenvalue weighted by Crippen LogP contribution is 2.29. The Bertz CT molecular complexity index is 550. The Morgan fingerprint density at radius 3 is 2.78 bits per heavy atom. The normalized spacial score (nSPS) is 23.1. The van der Waals surface area contributed by atoms with E-state index in [0.717, 1.165) is 38.2 Å². The SMILES string of the molecule is Cc1cc(C)n(C[C@@H]2CCCCN2C(=O)[C@@H](C)OCC2CC2)n1. The third-order valence-electron chi connectivity index (χ3n) is 5.02. The van der Waals surface area contributed by atoms with Crippen LogP contribution in [0.5, 0.6) is 0 Å². The lowest BCUT2D eigenvalue weighted by atomic mass is 10.0. The lowest BCUT2D eigenvalue weighted by molar-refractivity contribution is -0.147. The van der Waals surface area contributed by atoms with Crippen molar-refractivity contribution >= 4 is 5.91 Å². The standard InChI is InChI=1S/C18H29N3O2/c1-13-10-14(2)21(19-13)11-17-6-4-5-9-20(17)18(22)15(3)23-12-16-7-8-16/h10,15-17H,4-9,11-12H2,1-3H3/t15-,17+/m1/s1. The van der Waals surface area contributed by atoms with E-state index in [-0.39, 0.29) is 18.1 Å². The van der Waals surface area contributed by atoms with Crippen LogP contribution in [0.3, 0.4) is 0 Å². The van der Waals surface area contributed by atoms with Crippen molar-refractivity contribution in [3.8, 4) is 0 Å². The molecule has 5 heteroatoms. The first kappa shape index (κ1) is 16.5. The van der Waals surface area contributed by atoms with Crippen LogP contribution in [0.25, 0.3) is 0 Å². The predicted molar refractivity (Wildman–Crippen MR) is 89.2 cm³/mol. The molecule has 1 aliphatic carbocycles. The number of amides is 1. The largest absolute Gasteiger partial charge is 0.368 e. The number of carbonyl (C=O) groups excluding carboxylic acids is 1. The Hall–Kier alpha value is -1.36. The van der Waals surface area contributed by atoms with Gasteiger partial charge < -0.3 is 9.64 Å². The molecule has 0 spiro atoms. The molecular weight excluding hydrogens is 290 g/mol. The van der Waals surface area contributed by atoms with E-state index in [2.05, 4.69) is 18.1 Å². The van der Waals surface area contributed by atoms with E-state index in [4.69, 9.17) is 4.74 Å².